The monoisotopic (exact) mass is 258 g/mol. The zero-order valence-corrected chi connectivity index (χ0v) is 11.2. The standard InChI is InChI=1S/C15H18N2O2/c1-3-19-15(18)13-9-14(16)17(11(13)2)10-12-7-5-4-6-8-12/h4-9H,3,10,16H2,1-2H3. The largest absolute Gasteiger partial charge is 0.462 e. The molecule has 0 aliphatic rings. The molecule has 1 aromatic heterocycles. The van der Waals surface area contributed by atoms with Crippen molar-refractivity contribution >= 4 is 11.8 Å². The second kappa shape index (κ2) is 5.61. The fraction of sp³-hybridized carbons (Fsp3) is 0.267. The molecule has 0 unspecified atom stereocenters. The minimum absolute atomic E-state index is 0.321. The van der Waals surface area contributed by atoms with E-state index in [2.05, 4.69) is 0 Å². The van der Waals surface area contributed by atoms with Crippen molar-refractivity contribution in [2.75, 3.05) is 12.3 Å². The van der Waals surface area contributed by atoms with Gasteiger partial charge in [0.25, 0.3) is 0 Å². The quantitative estimate of drug-likeness (QED) is 0.858. The fourth-order valence-corrected chi connectivity index (χ4v) is 2.06. The third-order valence-electron chi connectivity index (χ3n) is 3.08. The maximum Gasteiger partial charge on any atom is 0.340 e. The van der Waals surface area contributed by atoms with Gasteiger partial charge in [0.15, 0.2) is 0 Å². The van der Waals surface area contributed by atoms with Crippen LogP contribution in [0.1, 0.15) is 28.5 Å². The molecule has 0 aliphatic carbocycles. The van der Waals surface area contributed by atoms with Gasteiger partial charge in [-0.15, -0.1) is 0 Å². The fourth-order valence-electron chi connectivity index (χ4n) is 2.06. The molecule has 4 heteroatoms. The van der Waals surface area contributed by atoms with Gasteiger partial charge < -0.3 is 15.0 Å². The van der Waals surface area contributed by atoms with Crippen molar-refractivity contribution in [3.05, 3.63) is 53.2 Å². The number of hydrogen-bond donors (Lipinski definition) is 1. The van der Waals surface area contributed by atoms with Gasteiger partial charge in [-0.05, 0) is 25.5 Å². The van der Waals surface area contributed by atoms with Gasteiger partial charge >= 0.3 is 5.97 Å². The summed E-state index contributed by atoms with van der Waals surface area (Å²) in [5, 5.41) is 0. The number of nitrogens with zero attached hydrogens (tertiary/aromatic N) is 1. The lowest BCUT2D eigenvalue weighted by Gasteiger charge is -2.09. The minimum atomic E-state index is -0.321. The first-order valence-electron chi connectivity index (χ1n) is 6.30. The van der Waals surface area contributed by atoms with E-state index < -0.39 is 0 Å². The summed E-state index contributed by atoms with van der Waals surface area (Å²) in [6, 6.07) is 11.7. The van der Waals surface area contributed by atoms with Crippen LogP contribution in [0.25, 0.3) is 0 Å². The van der Waals surface area contributed by atoms with Crippen LogP contribution < -0.4 is 5.73 Å². The van der Waals surface area contributed by atoms with Crippen LogP contribution in [0.2, 0.25) is 0 Å². The zero-order valence-electron chi connectivity index (χ0n) is 11.2. The molecule has 0 spiro atoms. The molecule has 0 radical (unpaired) electrons. The Kier molecular flexibility index (Phi) is 3.90. The van der Waals surface area contributed by atoms with E-state index >= 15 is 0 Å². The molecule has 1 heterocycles. The maximum atomic E-state index is 11.8. The third-order valence-corrected chi connectivity index (χ3v) is 3.08. The van der Waals surface area contributed by atoms with E-state index in [1.807, 2.05) is 41.8 Å². The second-order valence-corrected chi connectivity index (χ2v) is 4.36. The summed E-state index contributed by atoms with van der Waals surface area (Å²) in [6.45, 7) is 4.68. The van der Waals surface area contributed by atoms with Crippen molar-refractivity contribution in [2.24, 2.45) is 0 Å². The van der Waals surface area contributed by atoms with Gasteiger partial charge in [-0.3, -0.25) is 0 Å². The number of carbonyl (C=O) groups excluding carboxylic acids is 1. The normalized spacial score (nSPS) is 10.4. The lowest BCUT2D eigenvalue weighted by molar-refractivity contribution is 0.0525. The molecule has 0 atom stereocenters. The number of aromatic nitrogens is 1. The van der Waals surface area contributed by atoms with Crippen LogP contribution in [0.15, 0.2) is 36.4 Å². The van der Waals surface area contributed by atoms with Crippen LogP contribution in [0, 0.1) is 6.92 Å². The molecule has 19 heavy (non-hydrogen) atoms. The van der Waals surface area contributed by atoms with E-state index in [9.17, 15) is 4.79 Å². The van der Waals surface area contributed by atoms with Gasteiger partial charge in [-0.1, -0.05) is 30.3 Å². The van der Waals surface area contributed by atoms with E-state index in [-0.39, 0.29) is 5.97 Å². The van der Waals surface area contributed by atoms with Gasteiger partial charge in [0, 0.05) is 12.2 Å². The number of ether oxygens (including phenoxy) is 1. The van der Waals surface area contributed by atoms with Crippen molar-refractivity contribution in [3.63, 3.8) is 0 Å². The molecular formula is C15H18N2O2. The number of rotatable bonds is 4. The van der Waals surface area contributed by atoms with Gasteiger partial charge in [-0.2, -0.15) is 0 Å². The lowest BCUT2D eigenvalue weighted by Crippen LogP contribution is -2.08. The van der Waals surface area contributed by atoms with Crippen LogP contribution in [-0.2, 0) is 11.3 Å². The molecule has 4 nitrogen and oxygen atoms in total. The maximum absolute atomic E-state index is 11.8. The average molecular weight is 258 g/mol. The number of carbonyl (C=O) groups is 1. The Morgan fingerprint density at radius 3 is 2.63 bits per heavy atom. The lowest BCUT2D eigenvalue weighted by atomic mass is 10.2. The van der Waals surface area contributed by atoms with E-state index in [1.54, 1.807) is 13.0 Å². The SMILES string of the molecule is CCOC(=O)c1cc(N)n(Cc2ccccc2)c1C. The summed E-state index contributed by atoms with van der Waals surface area (Å²) in [7, 11) is 0. The van der Waals surface area contributed by atoms with Crippen molar-refractivity contribution in [1.29, 1.82) is 0 Å². The summed E-state index contributed by atoms with van der Waals surface area (Å²) in [5.74, 6) is 0.253. The number of benzene rings is 1. The number of hydrogen-bond acceptors (Lipinski definition) is 3. The molecule has 0 aliphatic heterocycles. The highest BCUT2D eigenvalue weighted by molar-refractivity contribution is 5.92. The van der Waals surface area contributed by atoms with Crippen molar-refractivity contribution in [2.45, 2.75) is 20.4 Å². The molecule has 0 saturated heterocycles. The predicted molar refractivity (Wildman–Crippen MR) is 75.1 cm³/mol. The Morgan fingerprint density at radius 1 is 1.32 bits per heavy atom. The highest BCUT2D eigenvalue weighted by Crippen LogP contribution is 2.20. The Balaban J connectivity index is 2.29. The van der Waals surface area contributed by atoms with Crippen molar-refractivity contribution in [1.82, 2.24) is 4.57 Å². The molecule has 2 aromatic rings. The Hall–Kier alpha value is -2.23. The van der Waals surface area contributed by atoms with E-state index in [0.29, 0.717) is 24.5 Å². The highest BCUT2D eigenvalue weighted by Gasteiger charge is 2.17. The number of esters is 1. The van der Waals surface area contributed by atoms with Gasteiger partial charge in [0.2, 0.25) is 0 Å². The molecule has 100 valence electrons. The number of anilines is 1. The van der Waals surface area contributed by atoms with E-state index in [1.165, 1.54) is 0 Å². The van der Waals surface area contributed by atoms with Gasteiger partial charge in [-0.25, -0.2) is 4.79 Å². The van der Waals surface area contributed by atoms with Crippen LogP contribution in [-0.4, -0.2) is 17.1 Å². The topological polar surface area (TPSA) is 57.2 Å². The number of nitrogens with two attached hydrogens (primary N) is 1. The van der Waals surface area contributed by atoms with E-state index in [4.69, 9.17) is 10.5 Å². The smallest absolute Gasteiger partial charge is 0.340 e. The molecule has 0 saturated carbocycles. The first kappa shape index (κ1) is 13.2. The Morgan fingerprint density at radius 2 is 2.00 bits per heavy atom. The number of nitrogen functional groups attached to an aromatic ring is 1. The molecule has 1 aromatic carbocycles. The van der Waals surface area contributed by atoms with Crippen LogP contribution in [0.5, 0.6) is 0 Å². The zero-order chi connectivity index (χ0) is 13.8. The third kappa shape index (κ3) is 2.78. The summed E-state index contributed by atoms with van der Waals surface area (Å²) >= 11 is 0. The van der Waals surface area contributed by atoms with Crippen LogP contribution in [0.3, 0.4) is 0 Å². The highest BCUT2D eigenvalue weighted by atomic mass is 16.5. The summed E-state index contributed by atoms with van der Waals surface area (Å²) in [6.07, 6.45) is 0. The second-order valence-electron chi connectivity index (χ2n) is 4.36. The molecule has 0 fully saturated rings. The van der Waals surface area contributed by atoms with Crippen LogP contribution in [0.4, 0.5) is 5.82 Å². The molecule has 2 rings (SSSR count). The molecule has 2 N–H and O–H groups in total. The van der Waals surface area contributed by atoms with Gasteiger partial charge in [0.1, 0.15) is 5.82 Å². The molecule has 0 amide bonds. The molecule has 0 bridgehead atoms. The minimum Gasteiger partial charge on any atom is -0.462 e. The Labute approximate surface area is 112 Å². The predicted octanol–water partition coefficient (Wildman–Crippen LogP) is 2.60. The summed E-state index contributed by atoms with van der Waals surface area (Å²) in [5.41, 5.74) is 8.49. The average Bonchev–Trinajstić information content (AvgIpc) is 2.68. The molecular weight excluding hydrogens is 240 g/mol. The first-order valence-corrected chi connectivity index (χ1v) is 6.30. The van der Waals surface area contributed by atoms with Crippen LogP contribution >= 0.6 is 0 Å². The summed E-state index contributed by atoms with van der Waals surface area (Å²) < 4.78 is 6.94. The van der Waals surface area contributed by atoms with Crippen molar-refractivity contribution in [3.8, 4) is 0 Å². The van der Waals surface area contributed by atoms with Gasteiger partial charge in [0.05, 0.1) is 12.2 Å². The van der Waals surface area contributed by atoms with E-state index in [0.717, 1.165) is 11.3 Å². The summed E-state index contributed by atoms with van der Waals surface area (Å²) in [4.78, 5) is 11.8. The first-order chi connectivity index (χ1) is 9.13. The van der Waals surface area contributed by atoms with Crippen molar-refractivity contribution < 1.29 is 9.53 Å². The Bertz CT molecular complexity index is 573.